The van der Waals surface area contributed by atoms with Crippen molar-refractivity contribution in [2.75, 3.05) is 24.6 Å². The topological polar surface area (TPSA) is 71.5 Å². The largest absolute Gasteiger partial charge is 0.491 e. The van der Waals surface area contributed by atoms with Crippen LogP contribution in [0.2, 0.25) is 5.02 Å². The first-order valence-corrected chi connectivity index (χ1v) is 18.5. The van der Waals surface area contributed by atoms with E-state index in [4.69, 9.17) is 16.3 Å². The Morgan fingerprint density at radius 3 is 2.72 bits per heavy atom. The normalized spacial score (nSPS) is 29.0. The van der Waals surface area contributed by atoms with Crippen molar-refractivity contribution in [1.29, 1.82) is 0 Å². The summed E-state index contributed by atoms with van der Waals surface area (Å²) in [5.41, 5.74) is 5.11. The number of fused-ring (bicyclic) bond motifs is 2. The summed E-state index contributed by atoms with van der Waals surface area (Å²) >= 11 is 6.45. The van der Waals surface area contributed by atoms with Gasteiger partial charge in [0.1, 0.15) is 16.7 Å². The zero-order valence-electron chi connectivity index (χ0n) is 27.2. The van der Waals surface area contributed by atoms with Gasteiger partial charge in [-0.25, -0.2) is 4.21 Å². The predicted molar refractivity (Wildman–Crippen MR) is 188 cm³/mol. The fourth-order valence-corrected chi connectivity index (χ4v) is 8.57. The second-order valence-corrected chi connectivity index (χ2v) is 15.4. The van der Waals surface area contributed by atoms with Gasteiger partial charge in [-0.05, 0) is 116 Å². The van der Waals surface area contributed by atoms with Gasteiger partial charge >= 0.3 is 0 Å². The van der Waals surface area contributed by atoms with E-state index in [-0.39, 0.29) is 23.0 Å². The Morgan fingerprint density at radius 2 is 1.96 bits per heavy atom. The summed E-state index contributed by atoms with van der Waals surface area (Å²) in [6, 6.07) is 18.1. The number of anilines is 1. The summed E-state index contributed by atoms with van der Waals surface area (Å²) in [6.45, 7) is 8.48. The second-order valence-electron chi connectivity index (χ2n) is 13.5. The molecule has 2 bridgehead atoms. The van der Waals surface area contributed by atoms with Gasteiger partial charge in [-0.1, -0.05) is 56.2 Å². The van der Waals surface area contributed by atoms with Crippen molar-refractivity contribution in [1.82, 2.24) is 9.71 Å². The summed E-state index contributed by atoms with van der Waals surface area (Å²) in [7, 11) is -1.51. The highest BCUT2D eigenvalue weighted by atomic mass is 35.5. The van der Waals surface area contributed by atoms with Crippen LogP contribution in [0.25, 0.3) is 0 Å². The molecule has 1 amide bonds. The van der Waals surface area contributed by atoms with Gasteiger partial charge < -0.3 is 9.64 Å². The first kappa shape index (κ1) is 32.8. The van der Waals surface area contributed by atoms with E-state index in [2.05, 4.69) is 64.9 Å². The molecule has 3 aromatic rings. The quantitative estimate of drug-likeness (QED) is 0.282. The van der Waals surface area contributed by atoms with Gasteiger partial charge in [0, 0.05) is 41.5 Å². The first-order valence-electron chi connectivity index (χ1n) is 16.9. The van der Waals surface area contributed by atoms with E-state index >= 15 is 0 Å². The highest BCUT2D eigenvalue weighted by Crippen LogP contribution is 2.45. The van der Waals surface area contributed by atoms with Crippen LogP contribution in [0, 0.1) is 23.7 Å². The number of nitrogens with one attached hydrogen (secondary N) is 1. The molecular weight excluding hydrogens is 614 g/mol. The van der Waals surface area contributed by atoms with Crippen LogP contribution in [-0.2, 0) is 23.8 Å². The second kappa shape index (κ2) is 14.7. The van der Waals surface area contributed by atoms with Crippen LogP contribution in [0.15, 0.2) is 72.9 Å². The fraction of sp³-hybridized carbons (Fsp3) is 0.474. The van der Waals surface area contributed by atoms with Crippen molar-refractivity contribution in [2.24, 2.45) is 23.7 Å². The maximum absolute atomic E-state index is 13.4. The Bertz CT molecular complexity index is 1580. The molecule has 1 N–H and O–H groups in total. The number of halogens is 1. The molecule has 1 saturated carbocycles. The zero-order valence-corrected chi connectivity index (χ0v) is 28.7. The Balaban J connectivity index is 1.38. The lowest BCUT2D eigenvalue weighted by Gasteiger charge is -2.44. The molecule has 2 aromatic carbocycles. The Hall–Kier alpha value is -3.16. The summed E-state index contributed by atoms with van der Waals surface area (Å²) in [4.78, 5) is 20.6. The summed E-state index contributed by atoms with van der Waals surface area (Å²) in [5, 5.41) is 0.571. The van der Waals surface area contributed by atoms with Crippen molar-refractivity contribution < 1.29 is 13.7 Å². The number of allylic oxidation sites excluding steroid dienone is 2. The number of rotatable bonds is 5. The number of carbonyl (C=O) groups excluding carboxylic acids is 1. The van der Waals surface area contributed by atoms with Crippen molar-refractivity contribution in [3.05, 3.63) is 100 Å². The Kier molecular flexibility index (Phi) is 10.5. The number of aryl methyl sites for hydroxylation is 1. The molecule has 7 atom stereocenters. The Morgan fingerprint density at radius 1 is 1.09 bits per heavy atom. The van der Waals surface area contributed by atoms with E-state index in [1.165, 1.54) is 24.0 Å². The van der Waals surface area contributed by atoms with Crippen molar-refractivity contribution in [3.63, 3.8) is 0 Å². The van der Waals surface area contributed by atoms with Gasteiger partial charge in [0.25, 0.3) is 5.91 Å². The third-order valence-electron chi connectivity index (χ3n) is 10.4. The molecule has 1 aliphatic carbocycles. The summed E-state index contributed by atoms with van der Waals surface area (Å²) in [6.07, 6.45) is 12.6. The summed E-state index contributed by atoms with van der Waals surface area (Å²) in [5.74, 6) is 2.16. The third-order valence-corrected chi connectivity index (χ3v) is 12.1. The predicted octanol–water partition coefficient (Wildman–Crippen LogP) is 7.93. The number of nitrogens with zero attached hydrogens (tertiary/aromatic N) is 2. The standard InChI is InChI=1S/C38H46ClN3O3S/c1-4-8-27-19-32(39)14-16-35(27)31-23-42-22-30-12-15-34(30)28(20-33-11-5-6-18-40-33)10-7-9-25(2)26(3)46(44)41-38(43)29-13-17-37(45-24-31)36(42)21-29/h5-7,10-11,13-14,16-19,21,25-26,28,30-31,34H,4,8-9,12,15,20,22-24H2,1-3H3,(H,41,43)/b10-7+. The SMILES string of the molecule is CCCc1cc(Cl)ccc1C1COc2ccc3cc2N(C1)CC1CCC1C(Cc1ccccn1)/C=C/CC(C)C(C)S(=O)NC3=O. The lowest BCUT2D eigenvalue weighted by atomic mass is 9.65. The molecule has 7 unspecified atom stereocenters. The molecule has 3 aliphatic rings. The average molecular weight is 660 g/mol. The monoisotopic (exact) mass is 659 g/mol. The maximum Gasteiger partial charge on any atom is 0.263 e. The smallest absolute Gasteiger partial charge is 0.263 e. The van der Waals surface area contributed by atoms with Gasteiger partial charge in [0.15, 0.2) is 0 Å². The average Bonchev–Trinajstić information content (AvgIpc) is 3.22. The molecule has 6 rings (SSSR count). The van der Waals surface area contributed by atoms with Crippen LogP contribution in [-0.4, -0.2) is 40.0 Å². The van der Waals surface area contributed by atoms with E-state index in [1.807, 2.05) is 37.4 Å². The minimum Gasteiger partial charge on any atom is -0.491 e. The molecule has 8 heteroatoms. The molecular formula is C38H46ClN3O3S. The van der Waals surface area contributed by atoms with E-state index in [9.17, 15) is 9.00 Å². The number of pyridine rings is 1. The number of amides is 1. The van der Waals surface area contributed by atoms with Crippen molar-refractivity contribution in [2.45, 2.75) is 70.5 Å². The van der Waals surface area contributed by atoms with Crippen LogP contribution >= 0.6 is 11.6 Å². The highest BCUT2D eigenvalue weighted by Gasteiger charge is 2.39. The van der Waals surface area contributed by atoms with Gasteiger partial charge in [-0.2, -0.15) is 0 Å². The van der Waals surface area contributed by atoms with Crippen LogP contribution in [0.1, 0.15) is 79.6 Å². The molecule has 0 radical (unpaired) electrons. The van der Waals surface area contributed by atoms with Crippen LogP contribution in [0.5, 0.6) is 5.75 Å². The minimum atomic E-state index is -1.51. The number of benzene rings is 2. The molecule has 3 heterocycles. The molecule has 1 aromatic heterocycles. The number of ether oxygens (including phenoxy) is 1. The molecule has 244 valence electrons. The zero-order chi connectivity index (χ0) is 32.2. The number of carbonyl (C=O) groups is 1. The Labute approximate surface area is 281 Å². The molecule has 1 fully saturated rings. The maximum atomic E-state index is 13.4. The lowest BCUT2D eigenvalue weighted by molar-refractivity contribution is 0.0982. The third kappa shape index (κ3) is 7.36. The molecule has 0 saturated heterocycles. The van der Waals surface area contributed by atoms with Crippen molar-refractivity contribution >= 4 is 34.2 Å². The number of hydrogen-bond acceptors (Lipinski definition) is 5. The number of hydrogen-bond donors (Lipinski definition) is 1. The van der Waals surface area contributed by atoms with Gasteiger partial charge in [-0.3, -0.25) is 14.5 Å². The first-order chi connectivity index (χ1) is 22.3. The van der Waals surface area contributed by atoms with Crippen LogP contribution in [0.4, 0.5) is 5.69 Å². The minimum absolute atomic E-state index is 0.145. The van der Waals surface area contributed by atoms with Crippen LogP contribution < -0.4 is 14.4 Å². The molecule has 46 heavy (non-hydrogen) atoms. The fourth-order valence-electron chi connectivity index (χ4n) is 7.36. The van der Waals surface area contributed by atoms with Gasteiger partial charge in [0.2, 0.25) is 0 Å². The summed E-state index contributed by atoms with van der Waals surface area (Å²) < 4.78 is 22.6. The van der Waals surface area contributed by atoms with Crippen LogP contribution in [0.3, 0.4) is 0 Å². The highest BCUT2D eigenvalue weighted by molar-refractivity contribution is 7.84. The van der Waals surface area contributed by atoms with E-state index in [1.54, 1.807) is 6.07 Å². The van der Waals surface area contributed by atoms with Gasteiger partial charge in [0.05, 0.1) is 17.5 Å². The molecule has 0 spiro atoms. The van der Waals surface area contributed by atoms with Gasteiger partial charge in [-0.15, -0.1) is 0 Å². The lowest BCUT2D eigenvalue weighted by Crippen LogP contribution is -2.43. The van der Waals surface area contributed by atoms with Crippen molar-refractivity contribution in [3.8, 4) is 5.75 Å². The molecule has 2 aliphatic heterocycles. The van der Waals surface area contributed by atoms with E-state index < -0.39 is 11.0 Å². The number of aromatic nitrogens is 1. The molecule has 6 nitrogen and oxygen atoms in total. The van der Waals surface area contributed by atoms with E-state index in [0.717, 1.165) is 60.9 Å². The van der Waals surface area contributed by atoms with E-state index in [0.29, 0.717) is 29.9 Å².